The second-order valence-corrected chi connectivity index (χ2v) is 8.16. The van der Waals surface area contributed by atoms with Crippen molar-refractivity contribution in [1.82, 2.24) is 15.1 Å². The van der Waals surface area contributed by atoms with Crippen LogP contribution in [0.4, 0.5) is 0 Å². The summed E-state index contributed by atoms with van der Waals surface area (Å²) in [6, 6.07) is 15.0. The molecule has 0 bridgehead atoms. The zero-order valence-corrected chi connectivity index (χ0v) is 17.6. The number of ether oxygens (including phenoxy) is 2. The monoisotopic (exact) mass is 409 g/mol. The molecular weight excluding hydrogens is 382 g/mol. The molecule has 0 aliphatic carbocycles. The summed E-state index contributed by atoms with van der Waals surface area (Å²) in [5.74, 6) is 0.709. The molecule has 2 aliphatic heterocycles. The van der Waals surface area contributed by atoms with E-state index < -0.39 is 11.5 Å². The third-order valence-corrected chi connectivity index (χ3v) is 5.92. The Morgan fingerprint density at radius 2 is 1.97 bits per heavy atom. The van der Waals surface area contributed by atoms with Gasteiger partial charge in [-0.05, 0) is 18.2 Å². The molecule has 1 saturated heterocycles. The Labute approximate surface area is 176 Å². The molecule has 2 aromatic rings. The van der Waals surface area contributed by atoms with Gasteiger partial charge in [-0.3, -0.25) is 14.5 Å². The van der Waals surface area contributed by atoms with E-state index in [2.05, 4.69) is 10.2 Å². The van der Waals surface area contributed by atoms with Gasteiger partial charge in [0.15, 0.2) is 0 Å². The lowest BCUT2D eigenvalue weighted by Gasteiger charge is -2.34. The van der Waals surface area contributed by atoms with Gasteiger partial charge in [-0.25, -0.2) is 0 Å². The molecule has 2 aliphatic rings. The van der Waals surface area contributed by atoms with Crippen LogP contribution in [0.3, 0.4) is 0 Å². The number of amides is 2. The number of carbonyl (C=O) groups is 2. The Morgan fingerprint density at radius 1 is 1.23 bits per heavy atom. The first-order valence-corrected chi connectivity index (χ1v) is 10.0. The average Bonchev–Trinajstić information content (AvgIpc) is 3.02. The van der Waals surface area contributed by atoms with Gasteiger partial charge in [0.05, 0.1) is 24.1 Å². The maximum absolute atomic E-state index is 13.1. The minimum atomic E-state index is -0.806. The van der Waals surface area contributed by atoms with Crippen LogP contribution in [0.2, 0.25) is 0 Å². The minimum absolute atomic E-state index is 0.0209. The van der Waals surface area contributed by atoms with Crippen molar-refractivity contribution >= 4 is 11.8 Å². The van der Waals surface area contributed by atoms with Crippen molar-refractivity contribution < 1.29 is 19.1 Å². The lowest BCUT2D eigenvalue weighted by molar-refractivity contribution is -0.134. The van der Waals surface area contributed by atoms with E-state index in [1.54, 1.807) is 38.2 Å². The molecule has 2 atom stereocenters. The average molecular weight is 409 g/mol. The van der Waals surface area contributed by atoms with Crippen LogP contribution < -0.4 is 14.8 Å². The molecule has 1 fully saturated rings. The smallest absolute Gasteiger partial charge is 0.255 e. The van der Waals surface area contributed by atoms with Crippen molar-refractivity contribution in [3.05, 3.63) is 59.7 Å². The van der Waals surface area contributed by atoms with Gasteiger partial charge in [0, 0.05) is 39.3 Å². The fourth-order valence-electron chi connectivity index (χ4n) is 4.42. The summed E-state index contributed by atoms with van der Waals surface area (Å²) in [4.78, 5) is 29.9. The second kappa shape index (κ2) is 7.99. The predicted octanol–water partition coefficient (Wildman–Crippen LogP) is 1.78. The normalized spacial score (nSPS) is 23.3. The van der Waals surface area contributed by atoms with E-state index in [1.165, 1.54) is 0 Å². The highest BCUT2D eigenvalue weighted by atomic mass is 16.5. The summed E-state index contributed by atoms with van der Waals surface area (Å²) in [5, 5.41) is 3.16. The number of methoxy groups -OCH3 is 1. The zero-order valence-electron chi connectivity index (χ0n) is 17.6. The van der Waals surface area contributed by atoms with E-state index in [4.69, 9.17) is 9.47 Å². The number of hydrogen-bond acceptors (Lipinski definition) is 5. The van der Waals surface area contributed by atoms with Crippen molar-refractivity contribution in [2.45, 2.75) is 12.1 Å². The third-order valence-electron chi connectivity index (χ3n) is 5.92. The van der Waals surface area contributed by atoms with Gasteiger partial charge in [-0.2, -0.15) is 0 Å². The third kappa shape index (κ3) is 3.61. The van der Waals surface area contributed by atoms with E-state index in [0.29, 0.717) is 30.9 Å². The van der Waals surface area contributed by atoms with Gasteiger partial charge in [-0.15, -0.1) is 0 Å². The summed E-state index contributed by atoms with van der Waals surface area (Å²) in [7, 11) is 5.14. The number of benzene rings is 2. The number of carbonyl (C=O) groups excluding carboxylic acids is 2. The van der Waals surface area contributed by atoms with Gasteiger partial charge in [0.1, 0.15) is 18.1 Å². The molecule has 30 heavy (non-hydrogen) atoms. The van der Waals surface area contributed by atoms with Crippen LogP contribution in [-0.2, 0) is 11.3 Å². The highest BCUT2D eigenvalue weighted by Crippen LogP contribution is 2.35. The van der Waals surface area contributed by atoms with Gasteiger partial charge in [-0.1, -0.05) is 30.3 Å². The molecule has 1 N–H and O–H groups in total. The molecule has 1 spiro atoms. The summed E-state index contributed by atoms with van der Waals surface area (Å²) in [6.07, 6.45) is 0. The van der Waals surface area contributed by atoms with Crippen LogP contribution in [0.15, 0.2) is 48.5 Å². The lowest BCUT2D eigenvalue weighted by Crippen LogP contribution is -2.60. The Bertz CT molecular complexity index is 961. The molecule has 2 amide bonds. The SMILES string of the molecule is COc1ccccc1CN1C[C@H](C(=O)N(C)C)[C@]2(COc3ccccc3C(=O)N2)C1. The molecule has 158 valence electrons. The summed E-state index contributed by atoms with van der Waals surface area (Å²) < 4.78 is 11.5. The number of likely N-dealkylation sites (tertiary alicyclic amines) is 1. The quantitative estimate of drug-likeness (QED) is 0.834. The molecule has 0 radical (unpaired) electrons. The van der Waals surface area contributed by atoms with Crippen LogP contribution in [0.1, 0.15) is 15.9 Å². The van der Waals surface area contributed by atoms with Gasteiger partial charge in [0.25, 0.3) is 5.91 Å². The van der Waals surface area contributed by atoms with E-state index in [1.807, 2.05) is 36.4 Å². The molecule has 7 heteroatoms. The van der Waals surface area contributed by atoms with E-state index >= 15 is 0 Å². The van der Waals surface area contributed by atoms with Crippen LogP contribution in [0.25, 0.3) is 0 Å². The van der Waals surface area contributed by atoms with E-state index in [9.17, 15) is 9.59 Å². The standard InChI is InChI=1S/C23H27N3O4/c1-25(2)22(28)18-13-26(12-16-8-4-6-10-19(16)29-3)14-23(18)15-30-20-11-7-5-9-17(20)21(27)24-23/h4-11,18H,12-15H2,1-3H3,(H,24,27)/t18-,23-/m1/s1. The Morgan fingerprint density at radius 3 is 2.73 bits per heavy atom. The van der Waals surface area contributed by atoms with Gasteiger partial charge < -0.3 is 19.7 Å². The largest absolute Gasteiger partial charge is 0.496 e. The van der Waals surface area contributed by atoms with Gasteiger partial charge >= 0.3 is 0 Å². The van der Waals surface area contributed by atoms with Crippen LogP contribution >= 0.6 is 0 Å². The summed E-state index contributed by atoms with van der Waals surface area (Å²) >= 11 is 0. The van der Waals surface area contributed by atoms with E-state index in [0.717, 1.165) is 11.3 Å². The van der Waals surface area contributed by atoms with Crippen molar-refractivity contribution in [2.24, 2.45) is 5.92 Å². The minimum Gasteiger partial charge on any atom is -0.496 e. The molecule has 0 aromatic heterocycles. The molecule has 0 saturated carbocycles. The molecular formula is C23H27N3O4. The Hall–Kier alpha value is -3.06. The first-order valence-electron chi connectivity index (χ1n) is 10.0. The fraction of sp³-hybridized carbons (Fsp3) is 0.391. The molecule has 2 aromatic carbocycles. The number of nitrogens with one attached hydrogen (secondary N) is 1. The van der Waals surface area contributed by atoms with Gasteiger partial charge in [0.2, 0.25) is 5.91 Å². The number of nitrogens with zero attached hydrogens (tertiary/aromatic N) is 2. The Kier molecular flexibility index (Phi) is 5.39. The van der Waals surface area contributed by atoms with Crippen LogP contribution in [0.5, 0.6) is 11.5 Å². The highest BCUT2D eigenvalue weighted by Gasteiger charge is 2.53. The highest BCUT2D eigenvalue weighted by molar-refractivity contribution is 5.98. The summed E-state index contributed by atoms with van der Waals surface area (Å²) in [6.45, 7) is 1.89. The lowest BCUT2D eigenvalue weighted by atomic mass is 9.86. The predicted molar refractivity (Wildman–Crippen MR) is 113 cm³/mol. The topological polar surface area (TPSA) is 71.1 Å². The van der Waals surface area contributed by atoms with Crippen molar-refractivity contribution in [3.63, 3.8) is 0 Å². The van der Waals surface area contributed by atoms with E-state index in [-0.39, 0.29) is 18.4 Å². The van der Waals surface area contributed by atoms with Crippen LogP contribution in [-0.4, -0.2) is 68.1 Å². The summed E-state index contributed by atoms with van der Waals surface area (Å²) in [5.41, 5.74) is 0.727. The molecule has 2 heterocycles. The Balaban J connectivity index is 1.65. The fourth-order valence-corrected chi connectivity index (χ4v) is 4.42. The van der Waals surface area contributed by atoms with Crippen molar-refractivity contribution in [1.29, 1.82) is 0 Å². The maximum atomic E-state index is 13.1. The number of hydrogen-bond donors (Lipinski definition) is 1. The molecule has 0 unspecified atom stereocenters. The van der Waals surface area contributed by atoms with Crippen LogP contribution in [0, 0.1) is 5.92 Å². The molecule has 4 rings (SSSR count). The number of para-hydroxylation sites is 2. The molecule has 7 nitrogen and oxygen atoms in total. The van der Waals surface area contributed by atoms with Crippen molar-refractivity contribution in [2.75, 3.05) is 40.9 Å². The first kappa shape index (κ1) is 20.2. The number of rotatable bonds is 4. The number of fused-ring (bicyclic) bond motifs is 1. The second-order valence-electron chi connectivity index (χ2n) is 8.16. The zero-order chi connectivity index (χ0) is 21.3. The first-order chi connectivity index (χ1) is 14.4. The van der Waals surface area contributed by atoms with Crippen molar-refractivity contribution in [3.8, 4) is 11.5 Å². The maximum Gasteiger partial charge on any atom is 0.255 e.